The second-order valence-corrected chi connectivity index (χ2v) is 4.79. The molecule has 1 fully saturated rings. The van der Waals surface area contributed by atoms with Crippen molar-refractivity contribution in [3.8, 4) is 5.75 Å². The summed E-state index contributed by atoms with van der Waals surface area (Å²) in [4.78, 5) is 0. The van der Waals surface area contributed by atoms with Crippen LogP contribution in [0.1, 0.15) is 12.0 Å². The molecule has 17 heavy (non-hydrogen) atoms. The van der Waals surface area contributed by atoms with Gasteiger partial charge in [-0.1, -0.05) is 11.6 Å². The molecular formula is C13H17ClO3. The molecule has 0 radical (unpaired) electrons. The van der Waals surface area contributed by atoms with Crippen molar-refractivity contribution in [2.75, 3.05) is 20.3 Å². The van der Waals surface area contributed by atoms with Gasteiger partial charge in [-0.15, -0.1) is 0 Å². The fourth-order valence-corrected chi connectivity index (χ4v) is 2.36. The molecule has 2 atom stereocenters. The Morgan fingerprint density at radius 1 is 1.53 bits per heavy atom. The lowest BCUT2D eigenvalue weighted by molar-refractivity contribution is -0.0351. The van der Waals surface area contributed by atoms with E-state index in [0.29, 0.717) is 24.7 Å². The number of hydrogen-bond acceptors (Lipinski definition) is 3. The largest absolute Gasteiger partial charge is 0.496 e. The summed E-state index contributed by atoms with van der Waals surface area (Å²) in [6.45, 7) is 1.24. The van der Waals surface area contributed by atoms with Crippen molar-refractivity contribution in [2.45, 2.75) is 18.9 Å². The maximum absolute atomic E-state index is 9.91. The summed E-state index contributed by atoms with van der Waals surface area (Å²) in [5.74, 6) is 0.934. The second kappa shape index (κ2) is 5.71. The van der Waals surface area contributed by atoms with Crippen LogP contribution in [-0.2, 0) is 11.2 Å². The number of ether oxygens (including phenoxy) is 2. The third kappa shape index (κ3) is 3.12. The summed E-state index contributed by atoms with van der Waals surface area (Å²) < 4.78 is 10.7. The SMILES string of the molecule is COc1ccc(Cl)cc1CC1COCCC1O. The number of rotatable bonds is 3. The van der Waals surface area contributed by atoms with Crippen molar-refractivity contribution in [2.24, 2.45) is 5.92 Å². The first-order chi connectivity index (χ1) is 8.20. The molecule has 1 aliphatic heterocycles. The molecule has 3 nitrogen and oxygen atoms in total. The van der Waals surface area contributed by atoms with Crippen LogP contribution in [0.15, 0.2) is 18.2 Å². The first-order valence-corrected chi connectivity index (χ1v) is 6.16. The van der Waals surface area contributed by atoms with Gasteiger partial charge in [0.1, 0.15) is 5.75 Å². The molecule has 0 spiro atoms. The molecule has 1 saturated heterocycles. The Labute approximate surface area is 106 Å². The van der Waals surface area contributed by atoms with Crippen molar-refractivity contribution in [1.29, 1.82) is 0 Å². The van der Waals surface area contributed by atoms with Gasteiger partial charge in [0, 0.05) is 17.5 Å². The van der Waals surface area contributed by atoms with E-state index in [-0.39, 0.29) is 12.0 Å². The summed E-state index contributed by atoms with van der Waals surface area (Å²) >= 11 is 5.98. The molecule has 0 amide bonds. The number of aliphatic hydroxyl groups excluding tert-OH is 1. The monoisotopic (exact) mass is 256 g/mol. The zero-order valence-electron chi connectivity index (χ0n) is 9.86. The van der Waals surface area contributed by atoms with Crippen LogP contribution in [0.3, 0.4) is 0 Å². The quantitative estimate of drug-likeness (QED) is 0.902. The maximum atomic E-state index is 9.91. The van der Waals surface area contributed by atoms with Crippen LogP contribution in [0.5, 0.6) is 5.75 Å². The van der Waals surface area contributed by atoms with Crippen molar-refractivity contribution in [3.05, 3.63) is 28.8 Å². The standard InChI is InChI=1S/C13H17ClO3/c1-16-13-3-2-11(14)7-9(13)6-10-8-17-5-4-12(10)15/h2-3,7,10,12,15H,4-6,8H2,1H3. The van der Waals surface area contributed by atoms with Crippen LogP contribution in [0.25, 0.3) is 0 Å². The summed E-state index contributed by atoms with van der Waals surface area (Å²) in [5, 5.41) is 10.6. The predicted octanol–water partition coefficient (Wildman–Crippen LogP) is 2.29. The van der Waals surface area contributed by atoms with Crippen LogP contribution in [-0.4, -0.2) is 31.5 Å². The van der Waals surface area contributed by atoms with Gasteiger partial charge in [0.25, 0.3) is 0 Å². The van der Waals surface area contributed by atoms with Crippen LogP contribution < -0.4 is 4.74 Å². The van der Waals surface area contributed by atoms with E-state index in [0.717, 1.165) is 17.7 Å². The fraction of sp³-hybridized carbons (Fsp3) is 0.538. The third-order valence-electron chi connectivity index (χ3n) is 3.16. The van der Waals surface area contributed by atoms with E-state index >= 15 is 0 Å². The normalized spacial score (nSPS) is 24.6. The molecule has 0 saturated carbocycles. The third-order valence-corrected chi connectivity index (χ3v) is 3.39. The molecule has 0 aliphatic carbocycles. The molecular weight excluding hydrogens is 240 g/mol. The van der Waals surface area contributed by atoms with Gasteiger partial charge in [0.15, 0.2) is 0 Å². The number of methoxy groups -OCH3 is 1. The highest BCUT2D eigenvalue weighted by atomic mass is 35.5. The van der Waals surface area contributed by atoms with E-state index in [9.17, 15) is 5.11 Å². The Kier molecular flexibility index (Phi) is 4.26. The Morgan fingerprint density at radius 2 is 2.35 bits per heavy atom. The van der Waals surface area contributed by atoms with Crippen LogP contribution in [0, 0.1) is 5.92 Å². The highest BCUT2D eigenvalue weighted by Gasteiger charge is 2.24. The second-order valence-electron chi connectivity index (χ2n) is 4.35. The molecule has 1 heterocycles. The zero-order valence-corrected chi connectivity index (χ0v) is 10.6. The Morgan fingerprint density at radius 3 is 3.06 bits per heavy atom. The molecule has 2 rings (SSSR count). The van der Waals surface area contributed by atoms with E-state index in [2.05, 4.69) is 0 Å². The number of aliphatic hydroxyl groups is 1. The van der Waals surface area contributed by atoms with Crippen molar-refractivity contribution < 1.29 is 14.6 Å². The van der Waals surface area contributed by atoms with E-state index in [4.69, 9.17) is 21.1 Å². The van der Waals surface area contributed by atoms with E-state index in [1.807, 2.05) is 12.1 Å². The summed E-state index contributed by atoms with van der Waals surface area (Å²) in [5.41, 5.74) is 1.02. The van der Waals surface area contributed by atoms with Gasteiger partial charge in [-0.2, -0.15) is 0 Å². The van der Waals surface area contributed by atoms with Gasteiger partial charge < -0.3 is 14.6 Å². The average Bonchev–Trinajstić information content (AvgIpc) is 2.32. The summed E-state index contributed by atoms with van der Waals surface area (Å²) in [6, 6.07) is 5.55. The van der Waals surface area contributed by atoms with E-state index in [1.165, 1.54) is 0 Å². The summed E-state index contributed by atoms with van der Waals surface area (Å²) in [7, 11) is 1.64. The molecule has 1 aliphatic rings. The zero-order chi connectivity index (χ0) is 12.3. The van der Waals surface area contributed by atoms with E-state index in [1.54, 1.807) is 13.2 Å². The first kappa shape index (κ1) is 12.7. The molecule has 0 bridgehead atoms. The van der Waals surface area contributed by atoms with Gasteiger partial charge in [0.05, 0.1) is 19.8 Å². The van der Waals surface area contributed by atoms with Gasteiger partial charge >= 0.3 is 0 Å². The van der Waals surface area contributed by atoms with Gasteiger partial charge in [0.2, 0.25) is 0 Å². The van der Waals surface area contributed by atoms with Crippen molar-refractivity contribution >= 4 is 11.6 Å². The van der Waals surface area contributed by atoms with Crippen LogP contribution in [0.2, 0.25) is 5.02 Å². The van der Waals surface area contributed by atoms with Crippen LogP contribution >= 0.6 is 11.6 Å². The lowest BCUT2D eigenvalue weighted by Crippen LogP contribution is -2.33. The minimum atomic E-state index is -0.299. The van der Waals surface area contributed by atoms with Gasteiger partial charge in [-0.3, -0.25) is 0 Å². The number of halogens is 1. The Hall–Kier alpha value is -0.770. The maximum Gasteiger partial charge on any atom is 0.122 e. The molecule has 0 aromatic heterocycles. The van der Waals surface area contributed by atoms with Crippen molar-refractivity contribution in [1.82, 2.24) is 0 Å². The van der Waals surface area contributed by atoms with E-state index < -0.39 is 0 Å². The average molecular weight is 257 g/mol. The molecule has 94 valence electrons. The van der Waals surface area contributed by atoms with Gasteiger partial charge in [-0.05, 0) is 36.6 Å². The minimum absolute atomic E-state index is 0.121. The molecule has 4 heteroatoms. The lowest BCUT2D eigenvalue weighted by atomic mass is 9.91. The lowest BCUT2D eigenvalue weighted by Gasteiger charge is -2.28. The molecule has 1 N–H and O–H groups in total. The smallest absolute Gasteiger partial charge is 0.122 e. The fourth-order valence-electron chi connectivity index (χ4n) is 2.17. The number of hydrogen-bond donors (Lipinski definition) is 1. The molecule has 1 aromatic carbocycles. The summed E-state index contributed by atoms with van der Waals surface area (Å²) in [6.07, 6.45) is 1.13. The topological polar surface area (TPSA) is 38.7 Å². The Bertz CT molecular complexity index is 381. The first-order valence-electron chi connectivity index (χ1n) is 5.79. The predicted molar refractivity (Wildman–Crippen MR) is 66.6 cm³/mol. The molecule has 1 aromatic rings. The highest BCUT2D eigenvalue weighted by molar-refractivity contribution is 6.30. The van der Waals surface area contributed by atoms with Gasteiger partial charge in [-0.25, -0.2) is 0 Å². The van der Waals surface area contributed by atoms with Crippen molar-refractivity contribution in [3.63, 3.8) is 0 Å². The minimum Gasteiger partial charge on any atom is -0.496 e. The van der Waals surface area contributed by atoms with Crippen LogP contribution in [0.4, 0.5) is 0 Å². The number of benzene rings is 1. The molecule has 2 unspecified atom stereocenters. The Balaban J connectivity index is 2.13. The highest BCUT2D eigenvalue weighted by Crippen LogP contribution is 2.28.